The number of para-hydroxylation sites is 2. The summed E-state index contributed by atoms with van der Waals surface area (Å²) in [6, 6.07) is 6.83. The van der Waals surface area contributed by atoms with E-state index in [9.17, 15) is 4.79 Å². The lowest BCUT2D eigenvalue weighted by atomic mass is 10.3. The van der Waals surface area contributed by atoms with Crippen molar-refractivity contribution in [3.8, 4) is 17.4 Å². The lowest BCUT2D eigenvalue weighted by Crippen LogP contribution is -2.00. The van der Waals surface area contributed by atoms with Crippen molar-refractivity contribution in [2.24, 2.45) is 0 Å². The highest BCUT2D eigenvalue weighted by molar-refractivity contribution is 5.87. The predicted molar refractivity (Wildman–Crippen MR) is 56.4 cm³/mol. The van der Waals surface area contributed by atoms with Crippen molar-refractivity contribution in [2.75, 3.05) is 7.11 Å². The molecule has 7 heteroatoms. The third kappa shape index (κ3) is 2.17. The summed E-state index contributed by atoms with van der Waals surface area (Å²) in [4.78, 5) is 10.8. The molecule has 1 aromatic carbocycles. The minimum atomic E-state index is -1.19. The minimum Gasteiger partial charge on any atom is -0.493 e. The van der Waals surface area contributed by atoms with Gasteiger partial charge < -0.3 is 14.6 Å². The van der Waals surface area contributed by atoms with E-state index in [1.165, 1.54) is 7.11 Å². The Balaban J connectivity index is 2.31. The van der Waals surface area contributed by atoms with E-state index < -0.39 is 5.97 Å². The van der Waals surface area contributed by atoms with Gasteiger partial charge in [0.1, 0.15) is 0 Å². The molecule has 0 aliphatic rings. The van der Waals surface area contributed by atoms with E-state index in [1.807, 2.05) is 0 Å². The normalized spacial score (nSPS) is 9.94. The summed E-state index contributed by atoms with van der Waals surface area (Å²) < 4.78 is 10.4. The molecule has 0 aliphatic carbocycles. The molecule has 1 aromatic heterocycles. The van der Waals surface area contributed by atoms with Gasteiger partial charge in [-0.05, 0) is 12.1 Å². The number of carboxylic acid groups (broad SMARTS) is 1. The van der Waals surface area contributed by atoms with Gasteiger partial charge in [-0.15, -0.1) is 0 Å². The van der Waals surface area contributed by atoms with Gasteiger partial charge in [0.15, 0.2) is 11.5 Å². The largest absolute Gasteiger partial charge is 0.493 e. The van der Waals surface area contributed by atoms with Crippen molar-refractivity contribution in [3.63, 3.8) is 0 Å². The van der Waals surface area contributed by atoms with Gasteiger partial charge in [0, 0.05) is 0 Å². The van der Waals surface area contributed by atoms with Gasteiger partial charge in [0.2, 0.25) is 5.69 Å². The van der Waals surface area contributed by atoms with E-state index in [0.29, 0.717) is 11.5 Å². The molecule has 2 aromatic rings. The second-order valence-electron chi connectivity index (χ2n) is 3.05. The lowest BCUT2D eigenvalue weighted by molar-refractivity contribution is 0.0687. The first-order valence-corrected chi connectivity index (χ1v) is 4.67. The summed E-state index contributed by atoms with van der Waals surface area (Å²) in [5, 5.41) is 18.0. The molecule has 17 heavy (non-hydrogen) atoms. The standard InChI is InChI=1S/C10H9N3O4/c1-16-6-4-2-3-5-7(6)17-9-8(10(14)15)11-13-12-9/h2-5H,1H3,(H,14,15)(H,11,12,13). The zero-order chi connectivity index (χ0) is 12.3. The van der Waals surface area contributed by atoms with Gasteiger partial charge in [0.05, 0.1) is 7.11 Å². The topological polar surface area (TPSA) is 97.3 Å². The van der Waals surface area contributed by atoms with Crippen LogP contribution >= 0.6 is 0 Å². The first-order chi connectivity index (χ1) is 8.22. The second-order valence-corrected chi connectivity index (χ2v) is 3.05. The molecular weight excluding hydrogens is 226 g/mol. The molecule has 2 N–H and O–H groups in total. The van der Waals surface area contributed by atoms with Crippen LogP contribution < -0.4 is 9.47 Å². The van der Waals surface area contributed by atoms with E-state index in [1.54, 1.807) is 24.3 Å². The van der Waals surface area contributed by atoms with Crippen LogP contribution in [-0.4, -0.2) is 33.6 Å². The third-order valence-electron chi connectivity index (χ3n) is 2.01. The molecule has 0 atom stereocenters. The predicted octanol–water partition coefficient (Wildman–Crippen LogP) is 1.30. The van der Waals surface area contributed by atoms with Crippen LogP contribution in [0.1, 0.15) is 10.5 Å². The van der Waals surface area contributed by atoms with Crippen molar-refractivity contribution in [1.29, 1.82) is 0 Å². The smallest absolute Gasteiger partial charge is 0.359 e. The molecule has 0 radical (unpaired) electrons. The van der Waals surface area contributed by atoms with Crippen LogP contribution in [0.4, 0.5) is 0 Å². The number of aromatic amines is 1. The Hall–Kier alpha value is -2.57. The number of rotatable bonds is 4. The van der Waals surface area contributed by atoms with E-state index in [2.05, 4.69) is 15.4 Å². The van der Waals surface area contributed by atoms with Gasteiger partial charge >= 0.3 is 5.97 Å². The summed E-state index contributed by atoms with van der Waals surface area (Å²) in [6.45, 7) is 0. The average molecular weight is 235 g/mol. The Morgan fingerprint density at radius 3 is 2.71 bits per heavy atom. The Labute approximate surface area is 96.0 Å². The molecule has 7 nitrogen and oxygen atoms in total. The van der Waals surface area contributed by atoms with E-state index in [4.69, 9.17) is 14.6 Å². The number of methoxy groups -OCH3 is 1. The molecule has 0 amide bonds. The molecule has 0 spiro atoms. The van der Waals surface area contributed by atoms with Crippen molar-refractivity contribution in [3.05, 3.63) is 30.0 Å². The van der Waals surface area contributed by atoms with Crippen molar-refractivity contribution >= 4 is 5.97 Å². The maximum absolute atomic E-state index is 10.8. The number of ether oxygens (including phenoxy) is 2. The maximum atomic E-state index is 10.8. The molecule has 0 aliphatic heterocycles. The number of carbonyl (C=O) groups is 1. The summed E-state index contributed by atoms with van der Waals surface area (Å²) in [6.07, 6.45) is 0. The fourth-order valence-electron chi connectivity index (χ4n) is 1.24. The van der Waals surface area contributed by atoms with E-state index >= 15 is 0 Å². The molecule has 0 unspecified atom stereocenters. The van der Waals surface area contributed by atoms with Crippen LogP contribution in [0.3, 0.4) is 0 Å². The van der Waals surface area contributed by atoms with Gasteiger partial charge in [-0.25, -0.2) is 9.89 Å². The molecule has 0 bridgehead atoms. The van der Waals surface area contributed by atoms with Gasteiger partial charge in [-0.2, -0.15) is 0 Å². The summed E-state index contributed by atoms with van der Waals surface area (Å²) in [5.41, 5.74) is -0.212. The van der Waals surface area contributed by atoms with Crippen LogP contribution in [-0.2, 0) is 0 Å². The zero-order valence-corrected chi connectivity index (χ0v) is 8.88. The highest BCUT2D eigenvalue weighted by atomic mass is 16.5. The number of aromatic nitrogens is 3. The molecule has 0 fully saturated rings. The number of hydrogen-bond donors (Lipinski definition) is 2. The molecular formula is C10H9N3O4. The summed E-state index contributed by atoms with van der Waals surface area (Å²) in [7, 11) is 1.49. The van der Waals surface area contributed by atoms with Crippen LogP contribution in [0.15, 0.2) is 24.3 Å². The van der Waals surface area contributed by atoms with Crippen molar-refractivity contribution in [1.82, 2.24) is 15.4 Å². The Morgan fingerprint density at radius 1 is 1.35 bits per heavy atom. The van der Waals surface area contributed by atoms with Crippen LogP contribution in [0.5, 0.6) is 17.4 Å². The van der Waals surface area contributed by atoms with E-state index in [0.717, 1.165) is 0 Å². The monoisotopic (exact) mass is 235 g/mol. The van der Waals surface area contributed by atoms with E-state index in [-0.39, 0.29) is 11.6 Å². The fourth-order valence-corrected chi connectivity index (χ4v) is 1.24. The number of nitrogens with zero attached hydrogens (tertiary/aromatic N) is 2. The Bertz CT molecular complexity index is 538. The molecule has 2 rings (SSSR count). The number of nitrogens with one attached hydrogen (secondary N) is 1. The van der Waals surface area contributed by atoms with Crippen LogP contribution in [0.2, 0.25) is 0 Å². The van der Waals surface area contributed by atoms with Crippen LogP contribution in [0, 0.1) is 0 Å². The Morgan fingerprint density at radius 2 is 2.06 bits per heavy atom. The number of hydrogen-bond acceptors (Lipinski definition) is 5. The number of aromatic carboxylic acids is 1. The van der Waals surface area contributed by atoms with Gasteiger partial charge in [-0.1, -0.05) is 22.4 Å². The first-order valence-electron chi connectivity index (χ1n) is 4.67. The summed E-state index contributed by atoms with van der Waals surface area (Å²) in [5.74, 6) is -0.458. The maximum Gasteiger partial charge on any atom is 0.359 e. The fraction of sp³-hybridized carbons (Fsp3) is 0.100. The zero-order valence-electron chi connectivity index (χ0n) is 8.88. The van der Waals surface area contributed by atoms with Gasteiger partial charge in [-0.3, -0.25) is 0 Å². The Kier molecular flexibility index (Phi) is 2.91. The highest BCUT2D eigenvalue weighted by Gasteiger charge is 2.17. The van der Waals surface area contributed by atoms with Crippen LogP contribution in [0.25, 0.3) is 0 Å². The number of benzene rings is 1. The first kappa shape index (κ1) is 10.9. The number of carboxylic acids is 1. The molecule has 0 saturated carbocycles. The van der Waals surface area contributed by atoms with Crippen molar-refractivity contribution in [2.45, 2.75) is 0 Å². The molecule has 1 heterocycles. The van der Waals surface area contributed by atoms with Crippen molar-refractivity contribution < 1.29 is 19.4 Å². The lowest BCUT2D eigenvalue weighted by Gasteiger charge is -2.07. The summed E-state index contributed by atoms with van der Waals surface area (Å²) >= 11 is 0. The second kappa shape index (κ2) is 4.52. The quantitative estimate of drug-likeness (QED) is 0.829. The van der Waals surface area contributed by atoms with Gasteiger partial charge in [0.25, 0.3) is 5.88 Å². The SMILES string of the molecule is COc1ccccc1Oc1nn[nH]c1C(=O)O. The minimum absolute atomic E-state index is 0.109. The number of H-pyrrole nitrogens is 1. The third-order valence-corrected chi connectivity index (χ3v) is 2.01. The molecule has 0 saturated heterocycles. The average Bonchev–Trinajstić information content (AvgIpc) is 2.78. The highest BCUT2D eigenvalue weighted by Crippen LogP contribution is 2.30. The molecule has 88 valence electrons.